The van der Waals surface area contributed by atoms with Gasteiger partial charge in [-0.3, -0.25) is 4.99 Å². The Balaban J connectivity index is 1.82. The molecule has 18 heavy (non-hydrogen) atoms. The van der Waals surface area contributed by atoms with Crippen LogP contribution in [0.1, 0.15) is 13.3 Å². The third kappa shape index (κ3) is 4.60. The molecule has 1 atom stereocenters. The predicted octanol–water partition coefficient (Wildman–Crippen LogP) is 3.53. The van der Waals surface area contributed by atoms with E-state index in [1.165, 1.54) is 5.47 Å². The average molecular weight is 256 g/mol. The SMILES string of the molecule is CC1=CCC=CC(POCC2=CC=CC=C[B]2)=N1. The van der Waals surface area contributed by atoms with Crippen LogP contribution < -0.4 is 0 Å². The topological polar surface area (TPSA) is 21.6 Å². The Kier molecular flexibility index (Phi) is 5.38. The van der Waals surface area contributed by atoms with Crippen molar-refractivity contribution in [2.24, 2.45) is 4.99 Å². The Morgan fingerprint density at radius 2 is 2.33 bits per heavy atom. The van der Waals surface area contributed by atoms with Gasteiger partial charge >= 0.3 is 0 Å². The largest absolute Gasteiger partial charge is 0.353 e. The first-order chi connectivity index (χ1) is 8.84. The van der Waals surface area contributed by atoms with Crippen LogP contribution in [-0.2, 0) is 4.52 Å². The van der Waals surface area contributed by atoms with E-state index in [-0.39, 0.29) is 0 Å². The van der Waals surface area contributed by atoms with E-state index in [2.05, 4.69) is 36.6 Å². The number of allylic oxidation sites excluding steroid dienone is 8. The number of rotatable bonds is 4. The fourth-order valence-corrected chi connectivity index (χ4v) is 2.37. The Hall–Kier alpha value is -1.18. The third-order valence-electron chi connectivity index (χ3n) is 2.49. The zero-order valence-corrected chi connectivity index (χ0v) is 11.5. The van der Waals surface area contributed by atoms with Crippen molar-refractivity contribution in [1.82, 2.24) is 0 Å². The van der Waals surface area contributed by atoms with Gasteiger partial charge in [-0.25, -0.2) is 0 Å². The molecule has 0 amide bonds. The van der Waals surface area contributed by atoms with Gasteiger partial charge in [0.05, 0.1) is 20.9 Å². The van der Waals surface area contributed by atoms with Gasteiger partial charge in [0.1, 0.15) is 0 Å². The quantitative estimate of drug-likeness (QED) is 0.557. The van der Waals surface area contributed by atoms with Gasteiger partial charge in [0.25, 0.3) is 0 Å². The second-order valence-electron chi connectivity index (χ2n) is 4.05. The minimum Gasteiger partial charge on any atom is -0.353 e. The summed E-state index contributed by atoms with van der Waals surface area (Å²) in [5.74, 6) is 2.03. The van der Waals surface area contributed by atoms with Gasteiger partial charge in [0.2, 0.25) is 0 Å². The van der Waals surface area contributed by atoms with Crippen molar-refractivity contribution < 1.29 is 4.52 Å². The summed E-state index contributed by atoms with van der Waals surface area (Å²) in [5, 5.41) is 0. The van der Waals surface area contributed by atoms with E-state index in [0.29, 0.717) is 15.4 Å². The van der Waals surface area contributed by atoms with E-state index < -0.39 is 0 Å². The van der Waals surface area contributed by atoms with E-state index in [9.17, 15) is 0 Å². The molecule has 2 aliphatic heterocycles. The molecule has 2 rings (SSSR count). The lowest BCUT2D eigenvalue weighted by molar-refractivity contribution is 0.417. The first-order valence-corrected chi connectivity index (χ1v) is 6.92. The molecule has 0 saturated heterocycles. The van der Waals surface area contributed by atoms with Crippen LogP contribution in [-0.4, -0.2) is 19.3 Å². The number of hydrogen-bond donors (Lipinski definition) is 0. The minimum absolute atomic E-state index is 0.298. The fraction of sp³-hybridized carbons (Fsp3) is 0.214. The van der Waals surface area contributed by atoms with Crippen LogP contribution in [0.2, 0.25) is 0 Å². The smallest absolute Gasteiger partial charge is 0.178 e. The molecular weight excluding hydrogens is 240 g/mol. The van der Waals surface area contributed by atoms with Crippen molar-refractivity contribution in [2.75, 3.05) is 6.61 Å². The van der Waals surface area contributed by atoms with Crippen molar-refractivity contribution >= 4 is 21.5 Å². The molecule has 2 nitrogen and oxygen atoms in total. The summed E-state index contributed by atoms with van der Waals surface area (Å²) < 4.78 is 5.72. The molecule has 2 heterocycles. The Labute approximate surface area is 111 Å². The molecule has 91 valence electrons. The van der Waals surface area contributed by atoms with E-state index >= 15 is 0 Å². The minimum atomic E-state index is 0.298. The molecule has 4 heteroatoms. The molecule has 0 bridgehead atoms. The lowest BCUT2D eigenvalue weighted by atomic mass is 9.70. The van der Waals surface area contributed by atoms with E-state index in [1.807, 2.05) is 31.1 Å². The molecule has 0 spiro atoms. The maximum Gasteiger partial charge on any atom is 0.178 e. The van der Waals surface area contributed by atoms with Crippen LogP contribution in [0.3, 0.4) is 0 Å². The van der Waals surface area contributed by atoms with Gasteiger partial charge < -0.3 is 4.52 Å². The Morgan fingerprint density at radius 1 is 1.39 bits per heavy atom. The standard InChI is InChI=1S/C14H16BNOP/c1-12-7-4-5-9-14(16-12)18-17-11-13-8-3-2-6-10-15-13/h2-3,5-10,18H,4,11H2,1H3. The molecular formula is C14H16BNOP. The maximum absolute atomic E-state index is 5.72. The molecule has 0 aromatic rings. The summed E-state index contributed by atoms with van der Waals surface area (Å²) in [6.07, 6.45) is 15.4. The maximum atomic E-state index is 5.72. The highest BCUT2D eigenvalue weighted by Crippen LogP contribution is 2.21. The normalized spacial score (nSPS) is 19.1. The van der Waals surface area contributed by atoms with Gasteiger partial charge in [-0.2, -0.15) is 0 Å². The zero-order valence-electron chi connectivity index (χ0n) is 10.5. The molecule has 0 aromatic carbocycles. The molecule has 2 aliphatic rings. The van der Waals surface area contributed by atoms with Crippen molar-refractivity contribution in [3.05, 3.63) is 59.7 Å². The predicted molar refractivity (Wildman–Crippen MR) is 81.3 cm³/mol. The van der Waals surface area contributed by atoms with E-state index in [1.54, 1.807) is 0 Å². The highest BCUT2D eigenvalue weighted by molar-refractivity contribution is 7.54. The molecule has 0 fully saturated rings. The van der Waals surface area contributed by atoms with Crippen molar-refractivity contribution in [1.29, 1.82) is 0 Å². The summed E-state index contributed by atoms with van der Waals surface area (Å²) >= 11 is 0. The Morgan fingerprint density at radius 3 is 3.28 bits per heavy atom. The van der Waals surface area contributed by atoms with Crippen molar-refractivity contribution in [3.63, 3.8) is 0 Å². The molecule has 0 saturated carbocycles. The van der Waals surface area contributed by atoms with Crippen molar-refractivity contribution in [3.8, 4) is 0 Å². The average Bonchev–Trinajstić information content (AvgIpc) is 2.72. The summed E-state index contributed by atoms with van der Waals surface area (Å²) in [5.41, 5.74) is 3.26. The number of hydrogen-bond acceptors (Lipinski definition) is 2. The first-order valence-electron chi connectivity index (χ1n) is 6.01. The van der Waals surface area contributed by atoms with Crippen LogP contribution >= 0.6 is 8.81 Å². The zero-order chi connectivity index (χ0) is 12.6. The first kappa shape index (κ1) is 13.3. The lowest BCUT2D eigenvalue weighted by Crippen LogP contribution is -2.00. The molecule has 0 N–H and O–H groups in total. The molecule has 1 unspecified atom stereocenters. The Bertz CT molecular complexity index is 472. The van der Waals surface area contributed by atoms with Crippen LogP contribution in [0.15, 0.2) is 64.7 Å². The van der Waals surface area contributed by atoms with Crippen molar-refractivity contribution in [2.45, 2.75) is 13.3 Å². The third-order valence-corrected chi connectivity index (χ3v) is 3.27. The van der Waals surface area contributed by atoms with Crippen LogP contribution in [0, 0.1) is 0 Å². The van der Waals surface area contributed by atoms with Gasteiger partial charge in [0.15, 0.2) is 7.28 Å². The summed E-state index contributed by atoms with van der Waals surface area (Å²) in [6, 6.07) is 0. The van der Waals surface area contributed by atoms with E-state index in [4.69, 9.17) is 4.52 Å². The van der Waals surface area contributed by atoms with Crippen LogP contribution in [0.4, 0.5) is 0 Å². The van der Waals surface area contributed by atoms with Gasteiger partial charge in [0, 0.05) is 5.70 Å². The molecule has 0 aromatic heterocycles. The number of nitrogens with zero attached hydrogens (tertiary/aromatic N) is 1. The summed E-state index contributed by atoms with van der Waals surface area (Å²) in [7, 11) is 2.37. The molecule has 0 aliphatic carbocycles. The number of aliphatic imine (C=N–C) groups is 1. The second-order valence-corrected chi connectivity index (χ2v) is 5.05. The highest BCUT2D eigenvalue weighted by Gasteiger charge is 2.02. The van der Waals surface area contributed by atoms with E-state index in [0.717, 1.165) is 17.6 Å². The van der Waals surface area contributed by atoms with Gasteiger partial charge in [-0.1, -0.05) is 41.9 Å². The van der Waals surface area contributed by atoms with Gasteiger partial charge in [-0.15, -0.1) is 5.98 Å². The second kappa shape index (κ2) is 7.30. The van der Waals surface area contributed by atoms with Gasteiger partial charge in [-0.05, 0) is 19.4 Å². The summed E-state index contributed by atoms with van der Waals surface area (Å²) in [6.45, 7) is 2.65. The highest BCUT2D eigenvalue weighted by atomic mass is 31.1. The lowest BCUT2D eigenvalue weighted by Gasteiger charge is -2.05. The van der Waals surface area contributed by atoms with Crippen LogP contribution in [0.5, 0.6) is 0 Å². The fourth-order valence-electron chi connectivity index (χ4n) is 1.58. The summed E-state index contributed by atoms with van der Waals surface area (Å²) in [4.78, 5) is 4.50. The van der Waals surface area contributed by atoms with Crippen LogP contribution in [0.25, 0.3) is 0 Å². The monoisotopic (exact) mass is 256 g/mol. The molecule has 1 radical (unpaired) electrons.